The number of aliphatic hydroxyl groups is 3. The minimum atomic E-state index is -4.24. The van der Waals surface area contributed by atoms with Crippen molar-refractivity contribution >= 4 is 7.82 Å². The molecule has 0 rings (SSSR count). The summed E-state index contributed by atoms with van der Waals surface area (Å²) in [5, 5.41) is 26.9. The summed E-state index contributed by atoms with van der Waals surface area (Å²) < 4.78 is 14.6. The first-order valence-electron chi connectivity index (χ1n) is 8.40. The standard InChI is InChI=1S/C9H21O4P.C6H15NO3/c1-9(2)7-5-3-4-6-8-13-14(10,11)12;1-4(8)7(5(2)9)6(3)10/h9H,3-8H2,1-2H3,(H2,10,11,12);4-6,8-10H,1-3H3. The fourth-order valence-corrected chi connectivity index (χ4v) is 2.50. The molecule has 0 saturated heterocycles. The molecular formula is C15H36NO7P. The quantitative estimate of drug-likeness (QED) is 0.211. The average molecular weight is 373 g/mol. The predicted octanol–water partition coefficient (Wildman–Crippen LogP) is 2.01. The van der Waals surface area contributed by atoms with E-state index in [2.05, 4.69) is 18.4 Å². The molecule has 148 valence electrons. The lowest BCUT2D eigenvalue weighted by Gasteiger charge is -2.30. The molecule has 0 radical (unpaired) electrons. The van der Waals surface area contributed by atoms with Crippen LogP contribution in [0.25, 0.3) is 0 Å². The van der Waals surface area contributed by atoms with Gasteiger partial charge in [0.1, 0.15) is 18.7 Å². The van der Waals surface area contributed by atoms with Gasteiger partial charge in [-0.2, -0.15) is 0 Å². The number of hydrogen-bond acceptors (Lipinski definition) is 6. The van der Waals surface area contributed by atoms with Gasteiger partial charge in [-0.25, -0.2) is 9.46 Å². The summed E-state index contributed by atoms with van der Waals surface area (Å²) in [6.07, 6.45) is 2.73. The Morgan fingerprint density at radius 3 is 1.54 bits per heavy atom. The van der Waals surface area contributed by atoms with Crippen molar-refractivity contribution in [3.8, 4) is 0 Å². The molecule has 8 nitrogen and oxygen atoms in total. The van der Waals surface area contributed by atoms with Gasteiger partial charge in [-0.1, -0.05) is 39.5 Å². The molecule has 0 aliphatic carbocycles. The van der Waals surface area contributed by atoms with Crippen LogP contribution >= 0.6 is 7.82 Å². The van der Waals surface area contributed by atoms with E-state index >= 15 is 0 Å². The molecule has 0 aromatic rings. The fraction of sp³-hybridized carbons (Fsp3) is 1.00. The monoisotopic (exact) mass is 373 g/mol. The third-order valence-electron chi connectivity index (χ3n) is 3.23. The molecule has 0 bridgehead atoms. The maximum absolute atomic E-state index is 10.3. The lowest BCUT2D eigenvalue weighted by molar-refractivity contribution is -0.159. The van der Waals surface area contributed by atoms with Crippen molar-refractivity contribution in [2.45, 2.75) is 85.4 Å². The van der Waals surface area contributed by atoms with Crippen molar-refractivity contribution in [2.75, 3.05) is 6.61 Å². The van der Waals surface area contributed by atoms with E-state index in [-0.39, 0.29) is 6.61 Å². The van der Waals surface area contributed by atoms with E-state index in [0.717, 1.165) is 25.2 Å². The first-order valence-corrected chi connectivity index (χ1v) is 9.93. The Balaban J connectivity index is 0. The van der Waals surface area contributed by atoms with E-state index in [1.54, 1.807) is 0 Å². The van der Waals surface area contributed by atoms with Crippen LogP contribution < -0.4 is 0 Å². The first kappa shape index (κ1) is 26.2. The number of aliphatic hydroxyl groups excluding tert-OH is 3. The van der Waals surface area contributed by atoms with Gasteiger partial charge in [0, 0.05) is 0 Å². The van der Waals surface area contributed by atoms with Gasteiger partial charge >= 0.3 is 7.82 Å². The zero-order valence-corrected chi connectivity index (χ0v) is 16.4. The maximum atomic E-state index is 10.3. The van der Waals surface area contributed by atoms with Gasteiger partial charge in [-0.15, -0.1) is 0 Å². The summed E-state index contributed by atoms with van der Waals surface area (Å²) in [5.74, 6) is 0.737. The van der Waals surface area contributed by atoms with E-state index in [1.165, 1.54) is 38.5 Å². The van der Waals surface area contributed by atoms with E-state index < -0.39 is 26.5 Å². The Bertz CT molecular complexity index is 313. The van der Waals surface area contributed by atoms with Crippen LogP contribution in [0.5, 0.6) is 0 Å². The second kappa shape index (κ2) is 14.2. The SMILES string of the molecule is CC(C)CCCCCCOP(=O)(O)O.CC(O)N(C(C)O)C(C)O. The van der Waals surface area contributed by atoms with Gasteiger partial charge in [0.05, 0.1) is 6.61 Å². The molecule has 0 aliphatic heterocycles. The van der Waals surface area contributed by atoms with Gasteiger partial charge in [0.25, 0.3) is 0 Å². The second-order valence-electron chi connectivity index (χ2n) is 6.26. The normalized spacial score (nSPS) is 15.8. The fourth-order valence-electron chi connectivity index (χ4n) is 2.13. The zero-order valence-electron chi connectivity index (χ0n) is 15.5. The highest BCUT2D eigenvalue weighted by atomic mass is 31.2. The Morgan fingerprint density at radius 2 is 1.25 bits per heavy atom. The Morgan fingerprint density at radius 1 is 0.833 bits per heavy atom. The number of rotatable bonds is 11. The van der Waals surface area contributed by atoms with Crippen molar-refractivity contribution in [1.29, 1.82) is 0 Å². The molecule has 0 spiro atoms. The minimum absolute atomic E-state index is 0.159. The molecular weight excluding hydrogens is 337 g/mol. The van der Waals surface area contributed by atoms with Gasteiger partial charge in [-0.3, -0.25) is 4.52 Å². The molecule has 0 amide bonds. The Labute approximate surface area is 145 Å². The lowest BCUT2D eigenvalue weighted by atomic mass is 10.0. The lowest BCUT2D eigenvalue weighted by Crippen LogP contribution is -2.45. The number of unbranched alkanes of at least 4 members (excludes halogenated alkanes) is 3. The summed E-state index contributed by atoms with van der Waals surface area (Å²) in [7, 11) is -4.24. The highest BCUT2D eigenvalue weighted by Crippen LogP contribution is 2.35. The summed E-state index contributed by atoms with van der Waals surface area (Å²) >= 11 is 0. The van der Waals surface area contributed by atoms with Crippen molar-refractivity contribution in [2.24, 2.45) is 5.92 Å². The van der Waals surface area contributed by atoms with Crippen molar-refractivity contribution < 1.29 is 34.2 Å². The van der Waals surface area contributed by atoms with Crippen molar-refractivity contribution in [3.63, 3.8) is 0 Å². The second-order valence-corrected chi connectivity index (χ2v) is 7.50. The third kappa shape index (κ3) is 18.3. The average Bonchev–Trinajstić information content (AvgIpc) is 2.34. The van der Waals surface area contributed by atoms with E-state index in [4.69, 9.17) is 25.1 Å². The Hall–Kier alpha value is -0.0500. The Kier molecular flexibility index (Phi) is 15.4. The van der Waals surface area contributed by atoms with E-state index in [0.29, 0.717) is 0 Å². The van der Waals surface area contributed by atoms with Gasteiger partial charge < -0.3 is 25.1 Å². The van der Waals surface area contributed by atoms with Crippen LogP contribution in [0.2, 0.25) is 0 Å². The number of nitrogens with zero attached hydrogens (tertiary/aromatic N) is 1. The smallest absolute Gasteiger partial charge is 0.379 e. The van der Waals surface area contributed by atoms with E-state index in [1.807, 2.05) is 0 Å². The predicted molar refractivity (Wildman–Crippen MR) is 92.8 cm³/mol. The molecule has 0 aromatic carbocycles. The highest BCUT2D eigenvalue weighted by molar-refractivity contribution is 7.46. The summed E-state index contributed by atoms with van der Waals surface area (Å²) in [5.41, 5.74) is 0. The van der Waals surface area contributed by atoms with Gasteiger partial charge in [0.15, 0.2) is 0 Å². The van der Waals surface area contributed by atoms with E-state index in [9.17, 15) is 4.57 Å². The molecule has 0 saturated carbocycles. The molecule has 0 heterocycles. The van der Waals surface area contributed by atoms with Gasteiger partial charge in [-0.05, 0) is 33.1 Å². The van der Waals surface area contributed by atoms with Crippen LogP contribution in [0.1, 0.15) is 66.7 Å². The molecule has 24 heavy (non-hydrogen) atoms. The molecule has 0 aromatic heterocycles. The van der Waals surface area contributed by atoms with Crippen LogP contribution in [-0.4, -0.2) is 55.3 Å². The molecule has 3 unspecified atom stereocenters. The van der Waals surface area contributed by atoms with Gasteiger partial charge in [0.2, 0.25) is 0 Å². The summed E-state index contributed by atoms with van der Waals surface area (Å²) in [6, 6.07) is 0. The molecule has 0 fully saturated rings. The largest absolute Gasteiger partial charge is 0.469 e. The first-order chi connectivity index (χ1) is 10.9. The van der Waals surface area contributed by atoms with Crippen LogP contribution in [0.15, 0.2) is 0 Å². The maximum Gasteiger partial charge on any atom is 0.469 e. The van der Waals surface area contributed by atoms with Crippen molar-refractivity contribution in [3.05, 3.63) is 0 Å². The number of phosphoric ester groups is 1. The molecule has 3 atom stereocenters. The molecule has 5 N–H and O–H groups in total. The summed E-state index contributed by atoms with van der Waals surface area (Å²) in [6.45, 7) is 9.00. The van der Waals surface area contributed by atoms with Crippen LogP contribution in [0, 0.1) is 5.92 Å². The minimum Gasteiger partial charge on any atom is -0.379 e. The topological polar surface area (TPSA) is 131 Å². The molecule has 9 heteroatoms. The third-order valence-corrected chi connectivity index (χ3v) is 3.75. The molecule has 0 aliphatic rings. The number of phosphoric acid groups is 1. The van der Waals surface area contributed by atoms with Crippen LogP contribution in [-0.2, 0) is 9.09 Å². The number of hydrogen-bond donors (Lipinski definition) is 5. The van der Waals surface area contributed by atoms with Crippen molar-refractivity contribution in [1.82, 2.24) is 4.90 Å². The zero-order chi connectivity index (χ0) is 19.3. The van der Waals surface area contributed by atoms with Crippen LogP contribution in [0.3, 0.4) is 0 Å². The van der Waals surface area contributed by atoms with Crippen LogP contribution in [0.4, 0.5) is 0 Å². The summed E-state index contributed by atoms with van der Waals surface area (Å²) in [4.78, 5) is 17.9. The highest BCUT2D eigenvalue weighted by Gasteiger charge is 2.20.